The maximum atomic E-state index is 13.3. The number of ether oxygens (including phenoxy) is 2. The zero-order valence-corrected chi connectivity index (χ0v) is 13.8. The van der Waals surface area contributed by atoms with Gasteiger partial charge in [-0.2, -0.15) is 0 Å². The summed E-state index contributed by atoms with van der Waals surface area (Å²) < 4.78 is 37.9. The average molecular weight is 364 g/mol. The highest BCUT2D eigenvalue weighted by atomic mass is 79.9. The van der Waals surface area contributed by atoms with Gasteiger partial charge < -0.3 is 15.2 Å². The Labute approximate surface area is 131 Å². The number of halogens is 3. The van der Waals surface area contributed by atoms with Crippen LogP contribution in [-0.2, 0) is 0 Å². The highest BCUT2D eigenvalue weighted by Crippen LogP contribution is 2.45. The average Bonchev–Trinajstić information content (AvgIpc) is 2.46. The van der Waals surface area contributed by atoms with Gasteiger partial charge in [0.2, 0.25) is 5.92 Å². The molecule has 1 fully saturated rings. The number of methoxy groups -OCH3 is 2. The van der Waals surface area contributed by atoms with Crippen LogP contribution < -0.4 is 15.2 Å². The first-order valence-corrected chi connectivity index (χ1v) is 7.72. The van der Waals surface area contributed by atoms with Crippen LogP contribution in [0.25, 0.3) is 0 Å². The SMILES string of the molecule is COc1ccc(C(N)C2CCC(F)(F)CC2)c(OC)c1Br. The summed E-state index contributed by atoms with van der Waals surface area (Å²) in [6.07, 6.45) is 0.679. The molecule has 1 atom stereocenters. The summed E-state index contributed by atoms with van der Waals surface area (Å²) >= 11 is 3.44. The Hall–Kier alpha value is -0.880. The second-order valence-electron chi connectivity index (χ2n) is 5.42. The van der Waals surface area contributed by atoms with Crippen LogP contribution in [0.2, 0.25) is 0 Å². The molecule has 2 rings (SSSR count). The third-order valence-electron chi connectivity index (χ3n) is 4.14. The van der Waals surface area contributed by atoms with Crippen molar-refractivity contribution < 1.29 is 18.3 Å². The molecule has 1 aliphatic carbocycles. The molecular weight excluding hydrogens is 344 g/mol. The minimum Gasteiger partial charge on any atom is -0.495 e. The lowest BCUT2D eigenvalue weighted by molar-refractivity contribution is -0.0484. The van der Waals surface area contributed by atoms with Gasteiger partial charge in [0, 0.05) is 24.4 Å². The summed E-state index contributed by atoms with van der Waals surface area (Å²) in [5.74, 6) is -1.24. The molecule has 6 heteroatoms. The molecule has 21 heavy (non-hydrogen) atoms. The summed E-state index contributed by atoms with van der Waals surface area (Å²) in [5, 5.41) is 0. The van der Waals surface area contributed by atoms with Crippen molar-refractivity contribution in [2.75, 3.05) is 14.2 Å². The number of hydrogen-bond donors (Lipinski definition) is 1. The highest BCUT2D eigenvalue weighted by Gasteiger charge is 2.37. The van der Waals surface area contributed by atoms with Gasteiger partial charge >= 0.3 is 0 Å². The predicted molar refractivity (Wildman–Crippen MR) is 81.1 cm³/mol. The fourth-order valence-electron chi connectivity index (χ4n) is 2.86. The van der Waals surface area contributed by atoms with Gasteiger partial charge in [-0.25, -0.2) is 8.78 Å². The van der Waals surface area contributed by atoms with Gasteiger partial charge in [0.1, 0.15) is 16.0 Å². The van der Waals surface area contributed by atoms with Crippen LogP contribution in [0.3, 0.4) is 0 Å². The fourth-order valence-corrected chi connectivity index (χ4v) is 3.54. The molecule has 0 spiro atoms. The second-order valence-corrected chi connectivity index (χ2v) is 6.22. The molecule has 3 nitrogen and oxygen atoms in total. The summed E-state index contributed by atoms with van der Waals surface area (Å²) in [5.41, 5.74) is 7.13. The van der Waals surface area contributed by atoms with Crippen LogP contribution in [0.15, 0.2) is 16.6 Å². The number of rotatable bonds is 4. The quantitative estimate of drug-likeness (QED) is 0.867. The zero-order valence-electron chi connectivity index (χ0n) is 12.2. The molecule has 1 aliphatic rings. The van der Waals surface area contributed by atoms with E-state index in [0.29, 0.717) is 28.8 Å². The lowest BCUT2D eigenvalue weighted by Crippen LogP contribution is -2.31. The van der Waals surface area contributed by atoms with Crippen molar-refractivity contribution in [3.8, 4) is 11.5 Å². The van der Waals surface area contributed by atoms with Crippen LogP contribution in [-0.4, -0.2) is 20.1 Å². The van der Waals surface area contributed by atoms with E-state index in [-0.39, 0.29) is 24.8 Å². The fraction of sp³-hybridized carbons (Fsp3) is 0.600. The lowest BCUT2D eigenvalue weighted by Gasteiger charge is -2.32. The Balaban J connectivity index is 2.23. The Morgan fingerprint density at radius 3 is 2.38 bits per heavy atom. The monoisotopic (exact) mass is 363 g/mol. The van der Waals surface area contributed by atoms with Crippen LogP contribution in [0.4, 0.5) is 8.78 Å². The zero-order chi connectivity index (χ0) is 15.6. The third kappa shape index (κ3) is 3.48. The lowest BCUT2D eigenvalue weighted by atomic mass is 9.80. The Morgan fingerprint density at radius 2 is 1.86 bits per heavy atom. The van der Waals surface area contributed by atoms with E-state index < -0.39 is 5.92 Å². The van der Waals surface area contributed by atoms with Crippen LogP contribution in [0.1, 0.15) is 37.3 Å². The Bertz CT molecular complexity index is 501. The van der Waals surface area contributed by atoms with E-state index >= 15 is 0 Å². The summed E-state index contributed by atoms with van der Waals surface area (Å²) in [7, 11) is 3.13. The molecule has 118 valence electrons. The minimum atomic E-state index is -2.54. The first-order chi connectivity index (χ1) is 9.89. The standard InChI is InChI=1S/C15H20BrF2NO2/c1-20-11-4-3-10(14(21-2)12(11)16)13(19)9-5-7-15(17,18)8-6-9/h3-4,9,13H,5-8,19H2,1-2H3. The molecule has 1 aromatic carbocycles. The largest absolute Gasteiger partial charge is 0.495 e. The van der Waals surface area contributed by atoms with Gasteiger partial charge in [0.25, 0.3) is 0 Å². The first-order valence-electron chi connectivity index (χ1n) is 6.93. The molecule has 0 saturated heterocycles. The van der Waals surface area contributed by atoms with Crippen molar-refractivity contribution in [1.82, 2.24) is 0 Å². The molecule has 0 radical (unpaired) electrons. The molecule has 0 heterocycles. The summed E-state index contributed by atoms with van der Waals surface area (Å²) in [6, 6.07) is 3.33. The van der Waals surface area contributed by atoms with Crippen molar-refractivity contribution in [1.29, 1.82) is 0 Å². The van der Waals surface area contributed by atoms with E-state index in [1.807, 2.05) is 6.07 Å². The first kappa shape index (κ1) is 16.5. The number of alkyl halides is 2. The molecule has 0 bridgehead atoms. The van der Waals surface area contributed by atoms with E-state index in [0.717, 1.165) is 5.56 Å². The van der Waals surface area contributed by atoms with Crippen molar-refractivity contribution in [3.05, 3.63) is 22.2 Å². The smallest absolute Gasteiger partial charge is 0.248 e. The topological polar surface area (TPSA) is 44.5 Å². The molecular formula is C15H20BrF2NO2. The molecule has 1 unspecified atom stereocenters. The van der Waals surface area contributed by atoms with Gasteiger partial charge in [-0.15, -0.1) is 0 Å². The minimum absolute atomic E-state index is 0.0406. The molecule has 0 amide bonds. The molecule has 1 aromatic rings. The van der Waals surface area contributed by atoms with Crippen LogP contribution >= 0.6 is 15.9 Å². The maximum Gasteiger partial charge on any atom is 0.248 e. The third-order valence-corrected chi connectivity index (χ3v) is 4.90. The van der Waals surface area contributed by atoms with Crippen LogP contribution in [0.5, 0.6) is 11.5 Å². The van der Waals surface area contributed by atoms with Crippen LogP contribution in [0, 0.1) is 5.92 Å². The summed E-state index contributed by atoms with van der Waals surface area (Å²) in [4.78, 5) is 0. The van der Waals surface area contributed by atoms with Crippen molar-refractivity contribution in [2.24, 2.45) is 11.7 Å². The number of hydrogen-bond acceptors (Lipinski definition) is 3. The van der Waals surface area contributed by atoms with Crippen molar-refractivity contribution in [3.63, 3.8) is 0 Å². The summed E-state index contributed by atoms with van der Waals surface area (Å²) in [6.45, 7) is 0. The molecule has 2 N–H and O–H groups in total. The number of nitrogens with two attached hydrogens (primary N) is 1. The maximum absolute atomic E-state index is 13.3. The van der Waals surface area contributed by atoms with Crippen molar-refractivity contribution in [2.45, 2.75) is 37.6 Å². The molecule has 0 aromatic heterocycles. The number of benzene rings is 1. The van der Waals surface area contributed by atoms with Gasteiger partial charge in [0.15, 0.2) is 0 Å². The van der Waals surface area contributed by atoms with Gasteiger partial charge in [-0.3, -0.25) is 0 Å². The van der Waals surface area contributed by atoms with E-state index in [4.69, 9.17) is 15.2 Å². The molecule has 0 aliphatic heterocycles. The second kappa shape index (κ2) is 6.48. The van der Waals surface area contributed by atoms with E-state index in [2.05, 4.69) is 15.9 Å². The van der Waals surface area contributed by atoms with Crippen molar-refractivity contribution >= 4 is 15.9 Å². The highest BCUT2D eigenvalue weighted by molar-refractivity contribution is 9.10. The Morgan fingerprint density at radius 1 is 1.24 bits per heavy atom. The van der Waals surface area contributed by atoms with E-state index in [9.17, 15) is 8.78 Å². The van der Waals surface area contributed by atoms with Gasteiger partial charge in [0.05, 0.1) is 14.2 Å². The van der Waals surface area contributed by atoms with Gasteiger partial charge in [-0.05, 0) is 46.8 Å². The Kier molecular flexibility index (Phi) is 5.09. The van der Waals surface area contributed by atoms with E-state index in [1.165, 1.54) is 0 Å². The van der Waals surface area contributed by atoms with E-state index in [1.54, 1.807) is 20.3 Å². The predicted octanol–water partition coefficient (Wildman–Crippen LogP) is 4.29. The normalized spacial score (nSPS) is 20.1. The van der Waals surface area contributed by atoms with Gasteiger partial charge in [-0.1, -0.05) is 0 Å². The molecule has 1 saturated carbocycles.